The molecule has 1 atom stereocenters. The smallest absolute Gasteiger partial charge is 0.290 e. The van der Waals surface area contributed by atoms with Crippen molar-refractivity contribution in [3.63, 3.8) is 0 Å². The Balaban J connectivity index is 1.54. The van der Waals surface area contributed by atoms with Gasteiger partial charge in [-0.3, -0.25) is 4.79 Å². The lowest BCUT2D eigenvalue weighted by Gasteiger charge is -2.23. The van der Waals surface area contributed by atoms with Gasteiger partial charge in [0.25, 0.3) is 5.91 Å². The summed E-state index contributed by atoms with van der Waals surface area (Å²) >= 11 is 2.18. The first kappa shape index (κ1) is 17.5. The van der Waals surface area contributed by atoms with Crippen molar-refractivity contribution in [1.82, 2.24) is 14.5 Å². The number of hydrogen-bond donors (Lipinski definition) is 0. The standard InChI is InChI=1S/C19H19FIN3O2/c20-15-3-1-4-16(21)14(15)11-23-9-8-22-18(23)12-24(13-6-7-13)19(25)17-5-2-10-26-17/h1-2,4-5,8-10,13,15H,3,6-7,11-12H2. The van der Waals surface area contributed by atoms with E-state index >= 15 is 0 Å². The fourth-order valence-electron chi connectivity index (χ4n) is 3.13. The van der Waals surface area contributed by atoms with Gasteiger partial charge in [-0.05, 0) is 53.1 Å². The topological polar surface area (TPSA) is 51.3 Å². The van der Waals surface area contributed by atoms with E-state index in [1.54, 1.807) is 18.3 Å². The summed E-state index contributed by atoms with van der Waals surface area (Å²) in [4.78, 5) is 19.0. The lowest BCUT2D eigenvalue weighted by molar-refractivity contribution is 0.0691. The molecule has 4 rings (SSSR count). The predicted molar refractivity (Wildman–Crippen MR) is 104 cm³/mol. The fraction of sp³-hybridized carbons (Fsp3) is 0.368. The number of aromatic nitrogens is 2. The summed E-state index contributed by atoms with van der Waals surface area (Å²) in [5, 5.41) is 0. The molecule has 26 heavy (non-hydrogen) atoms. The third-order valence-electron chi connectivity index (χ3n) is 4.73. The molecule has 2 aliphatic rings. The molecular weight excluding hydrogens is 448 g/mol. The molecule has 1 amide bonds. The van der Waals surface area contributed by atoms with Crippen molar-refractivity contribution in [2.24, 2.45) is 0 Å². The van der Waals surface area contributed by atoms with Gasteiger partial charge in [-0.2, -0.15) is 0 Å². The molecule has 1 unspecified atom stereocenters. The van der Waals surface area contributed by atoms with Gasteiger partial charge in [-0.15, -0.1) is 0 Å². The SMILES string of the molecule is O=C(c1ccco1)N(Cc1nccn1CC1=C(I)C=CCC1F)C1CC1. The molecule has 0 radical (unpaired) electrons. The van der Waals surface area contributed by atoms with Crippen molar-refractivity contribution < 1.29 is 13.6 Å². The van der Waals surface area contributed by atoms with Crippen LogP contribution in [0.1, 0.15) is 35.6 Å². The zero-order chi connectivity index (χ0) is 18.1. The van der Waals surface area contributed by atoms with E-state index in [2.05, 4.69) is 27.6 Å². The molecular formula is C19H19FIN3O2. The van der Waals surface area contributed by atoms with Gasteiger partial charge in [0.15, 0.2) is 5.76 Å². The zero-order valence-corrected chi connectivity index (χ0v) is 16.3. The Bertz CT molecular complexity index is 852. The molecule has 2 aromatic heterocycles. The van der Waals surface area contributed by atoms with Gasteiger partial charge in [-0.1, -0.05) is 12.2 Å². The van der Waals surface area contributed by atoms with Crippen LogP contribution in [0.2, 0.25) is 0 Å². The summed E-state index contributed by atoms with van der Waals surface area (Å²) in [6, 6.07) is 3.62. The number of halogens is 2. The zero-order valence-electron chi connectivity index (χ0n) is 14.1. The number of rotatable bonds is 6. The summed E-state index contributed by atoms with van der Waals surface area (Å²) in [6.45, 7) is 0.848. The monoisotopic (exact) mass is 467 g/mol. The molecule has 0 saturated heterocycles. The summed E-state index contributed by atoms with van der Waals surface area (Å²) in [6.07, 6.45) is 10.3. The minimum Gasteiger partial charge on any atom is -0.459 e. The van der Waals surface area contributed by atoms with Crippen molar-refractivity contribution >= 4 is 28.5 Å². The molecule has 0 aromatic carbocycles. The van der Waals surface area contributed by atoms with E-state index < -0.39 is 6.17 Å². The third kappa shape index (κ3) is 3.62. The maximum Gasteiger partial charge on any atom is 0.290 e. The van der Waals surface area contributed by atoms with Crippen molar-refractivity contribution in [2.45, 2.75) is 44.6 Å². The van der Waals surface area contributed by atoms with Gasteiger partial charge in [0, 0.05) is 35.0 Å². The Morgan fingerprint density at radius 3 is 3.00 bits per heavy atom. The van der Waals surface area contributed by atoms with Crippen molar-refractivity contribution in [3.05, 3.63) is 63.7 Å². The average Bonchev–Trinajstić information content (AvgIpc) is 3.14. The second-order valence-electron chi connectivity index (χ2n) is 6.59. The first-order valence-corrected chi connectivity index (χ1v) is 9.75. The van der Waals surface area contributed by atoms with Crippen LogP contribution in [0.5, 0.6) is 0 Å². The molecule has 1 saturated carbocycles. The number of nitrogens with zero attached hydrogens (tertiary/aromatic N) is 3. The molecule has 2 aliphatic carbocycles. The summed E-state index contributed by atoms with van der Waals surface area (Å²) < 4.78 is 22.5. The Kier molecular flexibility index (Phi) is 4.97. The third-order valence-corrected chi connectivity index (χ3v) is 5.78. The van der Waals surface area contributed by atoms with Crippen LogP contribution in [0.25, 0.3) is 0 Å². The summed E-state index contributed by atoms with van der Waals surface area (Å²) in [7, 11) is 0. The van der Waals surface area contributed by atoms with Crippen LogP contribution in [0.3, 0.4) is 0 Å². The number of alkyl halides is 1. The molecule has 2 aromatic rings. The van der Waals surface area contributed by atoms with Crippen molar-refractivity contribution in [2.75, 3.05) is 0 Å². The number of carbonyl (C=O) groups excluding carboxylic acids is 1. The van der Waals surface area contributed by atoms with E-state index in [1.165, 1.54) is 6.26 Å². The van der Waals surface area contributed by atoms with Gasteiger partial charge in [-0.25, -0.2) is 9.37 Å². The summed E-state index contributed by atoms with van der Waals surface area (Å²) in [5.74, 6) is 0.980. The quantitative estimate of drug-likeness (QED) is 0.597. The Hall–Kier alpha value is -1.90. The number of carbonyl (C=O) groups is 1. The largest absolute Gasteiger partial charge is 0.459 e. The molecule has 0 spiro atoms. The Labute approximate surface area is 164 Å². The number of amides is 1. The lowest BCUT2D eigenvalue weighted by Crippen LogP contribution is -2.33. The molecule has 136 valence electrons. The maximum absolute atomic E-state index is 14.3. The highest BCUT2D eigenvalue weighted by Crippen LogP contribution is 2.31. The van der Waals surface area contributed by atoms with E-state index in [1.807, 2.05) is 27.8 Å². The van der Waals surface area contributed by atoms with Gasteiger partial charge in [0.05, 0.1) is 12.8 Å². The Morgan fingerprint density at radius 1 is 1.46 bits per heavy atom. The minimum absolute atomic E-state index is 0.121. The van der Waals surface area contributed by atoms with Crippen LogP contribution < -0.4 is 0 Å². The van der Waals surface area contributed by atoms with Crippen LogP contribution in [0, 0.1) is 0 Å². The van der Waals surface area contributed by atoms with Crippen LogP contribution >= 0.6 is 22.6 Å². The van der Waals surface area contributed by atoms with Gasteiger partial charge in [0.2, 0.25) is 0 Å². The lowest BCUT2D eigenvalue weighted by atomic mass is 10.0. The van der Waals surface area contributed by atoms with E-state index in [0.717, 1.165) is 27.8 Å². The first-order chi connectivity index (χ1) is 12.6. The number of allylic oxidation sites excluding steroid dienone is 4. The molecule has 2 heterocycles. The predicted octanol–water partition coefficient (Wildman–Crippen LogP) is 4.27. The molecule has 7 heteroatoms. The van der Waals surface area contributed by atoms with Crippen LogP contribution in [-0.2, 0) is 13.1 Å². The molecule has 5 nitrogen and oxygen atoms in total. The maximum atomic E-state index is 14.3. The Morgan fingerprint density at radius 2 is 2.31 bits per heavy atom. The second-order valence-corrected chi connectivity index (χ2v) is 7.75. The average molecular weight is 467 g/mol. The molecule has 0 N–H and O–H groups in total. The van der Waals surface area contributed by atoms with Crippen LogP contribution in [0.4, 0.5) is 4.39 Å². The van der Waals surface area contributed by atoms with E-state index in [0.29, 0.717) is 25.3 Å². The van der Waals surface area contributed by atoms with Crippen LogP contribution in [-0.4, -0.2) is 32.6 Å². The normalized spacial score (nSPS) is 19.8. The highest BCUT2D eigenvalue weighted by molar-refractivity contribution is 14.1. The minimum atomic E-state index is -0.966. The molecule has 0 aliphatic heterocycles. The number of hydrogen-bond acceptors (Lipinski definition) is 3. The second kappa shape index (κ2) is 7.38. The number of imidazole rings is 1. The van der Waals surface area contributed by atoms with Crippen molar-refractivity contribution in [3.8, 4) is 0 Å². The van der Waals surface area contributed by atoms with E-state index in [9.17, 15) is 9.18 Å². The van der Waals surface area contributed by atoms with E-state index in [4.69, 9.17) is 4.42 Å². The van der Waals surface area contributed by atoms with Gasteiger partial charge >= 0.3 is 0 Å². The fourth-order valence-corrected chi connectivity index (χ4v) is 3.89. The molecule has 1 fully saturated rings. The van der Waals surface area contributed by atoms with Gasteiger partial charge in [0.1, 0.15) is 12.0 Å². The number of furan rings is 1. The van der Waals surface area contributed by atoms with E-state index in [-0.39, 0.29) is 11.9 Å². The van der Waals surface area contributed by atoms with Gasteiger partial charge < -0.3 is 13.9 Å². The van der Waals surface area contributed by atoms with Crippen LogP contribution in [0.15, 0.2) is 56.5 Å². The van der Waals surface area contributed by atoms with Crippen molar-refractivity contribution in [1.29, 1.82) is 0 Å². The first-order valence-electron chi connectivity index (χ1n) is 8.67. The molecule has 0 bridgehead atoms. The highest BCUT2D eigenvalue weighted by Gasteiger charge is 2.35. The highest BCUT2D eigenvalue weighted by atomic mass is 127. The summed E-state index contributed by atoms with van der Waals surface area (Å²) in [5.41, 5.74) is 0.766.